The van der Waals surface area contributed by atoms with Crippen molar-refractivity contribution >= 4 is 0 Å². The summed E-state index contributed by atoms with van der Waals surface area (Å²) in [6, 6.07) is 7.60. The second-order valence-electron chi connectivity index (χ2n) is 5.06. The Balaban J connectivity index is 2.39. The Kier molecular flexibility index (Phi) is 4.82. The first-order valence-electron chi connectivity index (χ1n) is 6.85. The summed E-state index contributed by atoms with van der Waals surface area (Å²) in [6.07, 6.45) is 1.80. The molecule has 2 rings (SSSR count). The largest absolute Gasteiger partial charge is 0.493 e. The van der Waals surface area contributed by atoms with E-state index in [-0.39, 0.29) is 12.1 Å². The fourth-order valence-electron chi connectivity index (χ4n) is 2.29. The zero-order valence-corrected chi connectivity index (χ0v) is 12.8. The monoisotopic (exact) mass is 290 g/mol. The van der Waals surface area contributed by atoms with Crippen LogP contribution >= 0.6 is 0 Å². The van der Waals surface area contributed by atoms with E-state index >= 15 is 0 Å². The number of hydrogen-bond donors (Lipinski definition) is 2. The highest BCUT2D eigenvalue weighted by atomic mass is 16.5. The minimum Gasteiger partial charge on any atom is -0.493 e. The molecule has 6 heteroatoms. The quantitative estimate of drug-likeness (QED) is 0.626. The van der Waals surface area contributed by atoms with Crippen molar-refractivity contribution in [2.45, 2.75) is 26.0 Å². The first kappa shape index (κ1) is 15.3. The van der Waals surface area contributed by atoms with E-state index in [0.717, 1.165) is 17.0 Å². The average molecular weight is 290 g/mol. The third-order valence-electron chi connectivity index (χ3n) is 3.17. The van der Waals surface area contributed by atoms with Crippen molar-refractivity contribution in [3.8, 4) is 11.5 Å². The maximum Gasteiger partial charge on any atom is 0.161 e. The van der Waals surface area contributed by atoms with Crippen molar-refractivity contribution in [3.63, 3.8) is 0 Å². The predicted octanol–water partition coefficient (Wildman–Crippen LogP) is 1.77. The normalized spacial score (nSPS) is 12.5. The van der Waals surface area contributed by atoms with E-state index < -0.39 is 0 Å². The van der Waals surface area contributed by atoms with Crippen LogP contribution in [0, 0.1) is 0 Å². The molecule has 0 saturated heterocycles. The molecule has 114 valence electrons. The summed E-state index contributed by atoms with van der Waals surface area (Å²) in [5.74, 6) is 7.25. The summed E-state index contributed by atoms with van der Waals surface area (Å²) in [4.78, 5) is 0. The smallest absolute Gasteiger partial charge is 0.161 e. The lowest BCUT2D eigenvalue weighted by Crippen LogP contribution is -2.30. The predicted molar refractivity (Wildman–Crippen MR) is 81.1 cm³/mol. The number of nitrogens with zero attached hydrogens (tertiary/aromatic N) is 2. The number of hydrogen-bond acceptors (Lipinski definition) is 5. The molecule has 0 aliphatic rings. The molecule has 0 fully saturated rings. The van der Waals surface area contributed by atoms with E-state index in [9.17, 15) is 0 Å². The number of methoxy groups -OCH3 is 1. The van der Waals surface area contributed by atoms with Gasteiger partial charge in [0.15, 0.2) is 5.75 Å². The van der Waals surface area contributed by atoms with E-state index in [1.807, 2.05) is 45.2 Å². The van der Waals surface area contributed by atoms with Gasteiger partial charge in [-0.15, -0.1) is 0 Å². The summed E-state index contributed by atoms with van der Waals surface area (Å²) < 4.78 is 12.8. The van der Waals surface area contributed by atoms with Gasteiger partial charge in [-0.3, -0.25) is 10.5 Å². The summed E-state index contributed by atoms with van der Waals surface area (Å²) in [7, 11) is 3.48. The van der Waals surface area contributed by atoms with Crippen molar-refractivity contribution in [3.05, 3.63) is 41.7 Å². The lowest BCUT2D eigenvalue weighted by molar-refractivity contribution is 0.242. The molecule has 2 aromatic rings. The first-order chi connectivity index (χ1) is 10.1. The van der Waals surface area contributed by atoms with Crippen molar-refractivity contribution in [2.75, 3.05) is 7.11 Å². The molecule has 0 amide bonds. The van der Waals surface area contributed by atoms with Crippen molar-refractivity contribution < 1.29 is 9.47 Å². The molecule has 0 aliphatic carbocycles. The van der Waals surface area contributed by atoms with Gasteiger partial charge in [0, 0.05) is 7.05 Å². The molecule has 0 radical (unpaired) electrons. The molecule has 1 atom stereocenters. The second kappa shape index (κ2) is 6.60. The highest BCUT2D eigenvalue weighted by Crippen LogP contribution is 2.30. The molecular weight excluding hydrogens is 268 g/mol. The first-order valence-corrected chi connectivity index (χ1v) is 6.85. The molecular formula is C15H22N4O2. The molecule has 3 N–H and O–H groups in total. The topological polar surface area (TPSA) is 74.3 Å². The summed E-state index contributed by atoms with van der Waals surface area (Å²) >= 11 is 0. The maximum absolute atomic E-state index is 5.75. The lowest BCUT2D eigenvalue weighted by atomic mass is 10.0. The van der Waals surface area contributed by atoms with Crippen LogP contribution < -0.4 is 20.7 Å². The number of benzene rings is 1. The van der Waals surface area contributed by atoms with E-state index in [2.05, 4.69) is 10.5 Å². The third kappa shape index (κ3) is 3.34. The number of hydrazine groups is 1. The van der Waals surface area contributed by atoms with E-state index in [4.69, 9.17) is 15.3 Å². The van der Waals surface area contributed by atoms with Gasteiger partial charge in [-0.2, -0.15) is 5.10 Å². The SMILES string of the molecule is COc1cnn(C)c1C(NN)c1cccc(OC(C)C)c1. The molecule has 0 aliphatic heterocycles. The molecule has 21 heavy (non-hydrogen) atoms. The molecule has 1 aromatic carbocycles. The molecule has 0 bridgehead atoms. The fourth-order valence-corrected chi connectivity index (χ4v) is 2.29. The fraction of sp³-hybridized carbons (Fsp3) is 0.400. The van der Waals surface area contributed by atoms with Crippen LogP contribution in [0.1, 0.15) is 31.1 Å². The summed E-state index contributed by atoms with van der Waals surface area (Å²) in [5.41, 5.74) is 4.67. The van der Waals surface area contributed by atoms with Crippen LogP contribution in [0.2, 0.25) is 0 Å². The Labute approximate surface area is 124 Å². The minimum atomic E-state index is -0.233. The Morgan fingerprint density at radius 1 is 1.33 bits per heavy atom. The molecule has 6 nitrogen and oxygen atoms in total. The molecule has 1 heterocycles. The standard InChI is InChI=1S/C15H22N4O2/c1-10(2)21-12-7-5-6-11(8-12)14(18-16)15-13(20-4)9-17-19(15)3/h5-10,14,18H,16H2,1-4H3. The van der Waals surface area contributed by atoms with Gasteiger partial charge in [-0.05, 0) is 31.5 Å². The lowest BCUT2D eigenvalue weighted by Gasteiger charge is -2.19. The molecule has 0 spiro atoms. The van der Waals surface area contributed by atoms with Crippen LogP contribution in [0.4, 0.5) is 0 Å². The van der Waals surface area contributed by atoms with E-state index in [0.29, 0.717) is 5.75 Å². The number of aryl methyl sites for hydroxylation is 1. The van der Waals surface area contributed by atoms with Gasteiger partial charge in [0.25, 0.3) is 0 Å². The second-order valence-corrected chi connectivity index (χ2v) is 5.06. The number of aromatic nitrogens is 2. The summed E-state index contributed by atoms with van der Waals surface area (Å²) in [6.45, 7) is 3.99. The highest BCUT2D eigenvalue weighted by molar-refractivity contribution is 5.39. The third-order valence-corrected chi connectivity index (χ3v) is 3.17. The number of rotatable bonds is 6. The van der Waals surface area contributed by atoms with Crippen molar-refractivity contribution in [1.82, 2.24) is 15.2 Å². The Bertz CT molecular complexity index is 595. The summed E-state index contributed by atoms with van der Waals surface area (Å²) in [5, 5.41) is 4.22. The van der Waals surface area contributed by atoms with Crippen LogP contribution in [0.25, 0.3) is 0 Å². The number of nitrogens with two attached hydrogens (primary N) is 1. The minimum absolute atomic E-state index is 0.121. The van der Waals surface area contributed by atoms with Gasteiger partial charge in [0.05, 0.1) is 25.5 Å². The van der Waals surface area contributed by atoms with Gasteiger partial charge in [-0.1, -0.05) is 12.1 Å². The van der Waals surface area contributed by atoms with Gasteiger partial charge >= 0.3 is 0 Å². The number of ether oxygens (including phenoxy) is 2. The Morgan fingerprint density at radius 3 is 2.71 bits per heavy atom. The van der Waals surface area contributed by atoms with E-state index in [1.165, 1.54) is 0 Å². The van der Waals surface area contributed by atoms with Crippen LogP contribution in [0.15, 0.2) is 30.5 Å². The Hall–Kier alpha value is -2.05. The molecule has 1 aromatic heterocycles. The highest BCUT2D eigenvalue weighted by Gasteiger charge is 2.21. The average Bonchev–Trinajstić information content (AvgIpc) is 2.81. The van der Waals surface area contributed by atoms with Crippen LogP contribution in [-0.2, 0) is 7.05 Å². The molecule has 1 unspecified atom stereocenters. The van der Waals surface area contributed by atoms with Gasteiger partial charge in [0.2, 0.25) is 0 Å². The Morgan fingerprint density at radius 2 is 2.10 bits per heavy atom. The van der Waals surface area contributed by atoms with Crippen LogP contribution in [0.3, 0.4) is 0 Å². The van der Waals surface area contributed by atoms with Gasteiger partial charge in [-0.25, -0.2) is 5.43 Å². The van der Waals surface area contributed by atoms with Crippen molar-refractivity contribution in [1.29, 1.82) is 0 Å². The van der Waals surface area contributed by atoms with Gasteiger partial charge < -0.3 is 9.47 Å². The maximum atomic E-state index is 5.75. The molecule has 0 saturated carbocycles. The zero-order valence-electron chi connectivity index (χ0n) is 12.8. The zero-order chi connectivity index (χ0) is 15.4. The van der Waals surface area contributed by atoms with Crippen LogP contribution in [-0.4, -0.2) is 23.0 Å². The van der Waals surface area contributed by atoms with Gasteiger partial charge in [0.1, 0.15) is 11.4 Å². The van der Waals surface area contributed by atoms with Crippen LogP contribution in [0.5, 0.6) is 11.5 Å². The van der Waals surface area contributed by atoms with Crippen molar-refractivity contribution in [2.24, 2.45) is 12.9 Å². The number of nitrogens with one attached hydrogen (secondary N) is 1. The van der Waals surface area contributed by atoms with E-state index in [1.54, 1.807) is 18.0 Å².